The molecule has 1 saturated carbocycles. The van der Waals surface area contributed by atoms with Crippen molar-refractivity contribution in [3.63, 3.8) is 0 Å². The molecular formula is C19H25N5O2. The second kappa shape index (κ2) is 6.72. The molecule has 2 aromatic rings. The van der Waals surface area contributed by atoms with Gasteiger partial charge in [-0.15, -0.1) is 0 Å². The standard InChI is InChI=1S/C19H25N5O2/c1-22(2)19(26)14-6-7-17(20-11-14)23-8-3-9-24-15(12-23)10-16(21-24)18(25)13-4-5-13/h6-7,10-11,13,18,25H,3-5,8-9,12H2,1-2H3/t18-/m0/s1. The Hall–Kier alpha value is -2.41. The highest BCUT2D eigenvalue weighted by Gasteiger charge is 2.33. The fourth-order valence-electron chi connectivity index (χ4n) is 3.44. The average molecular weight is 355 g/mol. The molecule has 3 heterocycles. The van der Waals surface area contributed by atoms with Crippen LogP contribution in [-0.4, -0.2) is 51.3 Å². The maximum Gasteiger partial charge on any atom is 0.254 e. The summed E-state index contributed by atoms with van der Waals surface area (Å²) in [6, 6.07) is 5.77. The number of nitrogens with zero attached hydrogens (tertiary/aromatic N) is 5. The van der Waals surface area contributed by atoms with Crippen molar-refractivity contribution in [3.05, 3.63) is 41.3 Å². The van der Waals surface area contributed by atoms with Crippen LogP contribution in [0.1, 0.15) is 47.1 Å². The first-order valence-corrected chi connectivity index (χ1v) is 9.20. The van der Waals surface area contributed by atoms with Gasteiger partial charge in [0.15, 0.2) is 0 Å². The molecule has 7 heteroatoms. The molecule has 4 rings (SSSR count). The first-order chi connectivity index (χ1) is 12.5. The highest BCUT2D eigenvalue weighted by atomic mass is 16.3. The van der Waals surface area contributed by atoms with Gasteiger partial charge in [0.25, 0.3) is 5.91 Å². The van der Waals surface area contributed by atoms with Crippen LogP contribution in [0.5, 0.6) is 0 Å². The first-order valence-electron chi connectivity index (χ1n) is 9.20. The Labute approximate surface area is 153 Å². The van der Waals surface area contributed by atoms with Crippen molar-refractivity contribution in [2.24, 2.45) is 5.92 Å². The lowest BCUT2D eigenvalue weighted by molar-refractivity contribution is 0.0827. The SMILES string of the molecule is CN(C)C(=O)c1ccc(N2CCCn3nc([C@@H](O)C4CC4)cc3C2)nc1. The summed E-state index contributed by atoms with van der Waals surface area (Å²) in [5, 5.41) is 15.0. The third kappa shape index (κ3) is 3.31. The molecule has 0 bridgehead atoms. The minimum absolute atomic E-state index is 0.0447. The summed E-state index contributed by atoms with van der Waals surface area (Å²) >= 11 is 0. The number of anilines is 1. The number of carbonyl (C=O) groups excluding carboxylic acids is 1. The zero-order valence-corrected chi connectivity index (χ0v) is 15.3. The van der Waals surface area contributed by atoms with Gasteiger partial charge in [-0.25, -0.2) is 4.98 Å². The Morgan fingerprint density at radius 3 is 2.77 bits per heavy atom. The molecule has 0 unspecified atom stereocenters. The van der Waals surface area contributed by atoms with E-state index in [-0.39, 0.29) is 5.91 Å². The number of aryl methyl sites for hydroxylation is 1. The van der Waals surface area contributed by atoms with Crippen molar-refractivity contribution in [2.75, 3.05) is 25.5 Å². The number of aliphatic hydroxyl groups is 1. The number of hydrogen-bond acceptors (Lipinski definition) is 5. The lowest BCUT2D eigenvalue weighted by Crippen LogP contribution is -2.25. The predicted octanol–water partition coefficient (Wildman–Crippen LogP) is 1.83. The molecule has 7 nitrogen and oxygen atoms in total. The van der Waals surface area contributed by atoms with Gasteiger partial charge in [0, 0.05) is 33.4 Å². The fraction of sp³-hybridized carbons (Fsp3) is 0.526. The van der Waals surface area contributed by atoms with Gasteiger partial charge in [0.1, 0.15) is 11.9 Å². The third-order valence-electron chi connectivity index (χ3n) is 5.13. The molecule has 26 heavy (non-hydrogen) atoms. The lowest BCUT2D eigenvalue weighted by Gasteiger charge is -2.21. The highest BCUT2D eigenvalue weighted by molar-refractivity contribution is 5.93. The van der Waals surface area contributed by atoms with Crippen molar-refractivity contribution in [2.45, 2.75) is 38.5 Å². The molecule has 2 aliphatic rings. The van der Waals surface area contributed by atoms with E-state index in [1.165, 1.54) is 0 Å². The van der Waals surface area contributed by atoms with Gasteiger partial charge in [-0.1, -0.05) is 0 Å². The molecule has 2 aromatic heterocycles. The number of aromatic nitrogens is 3. The van der Waals surface area contributed by atoms with Gasteiger partial charge < -0.3 is 14.9 Å². The maximum atomic E-state index is 12.0. The van der Waals surface area contributed by atoms with Crippen LogP contribution < -0.4 is 4.90 Å². The number of aliphatic hydroxyl groups excluding tert-OH is 1. The summed E-state index contributed by atoms with van der Waals surface area (Å²) in [4.78, 5) is 20.3. The molecule has 1 atom stereocenters. The van der Waals surface area contributed by atoms with E-state index in [0.29, 0.717) is 18.0 Å². The van der Waals surface area contributed by atoms with E-state index in [0.717, 1.165) is 49.6 Å². The predicted molar refractivity (Wildman–Crippen MR) is 97.8 cm³/mol. The molecule has 0 spiro atoms. The van der Waals surface area contributed by atoms with Crippen LogP contribution in [0.4, 0.5) is 5.82 Å². The van der Waals surface area contributed by atoms with Crippen LogP contribution in [0, 0.1) is 5.92 Å². The van der Waals surface area contributed by atoms with E-state index < -0.39 is 6.10 Å². The molecule has 1 amide bonds. The number of rotatable bonds is 4. The number of amides is 1. The Morgan fingerprint density at radius 1 is 1.31 bits per heavy atom. The largest absolute Gasteiger partial charge is 0.386 e. The van der Waals surface area contributed by atoms with Crippen LogP contribution in [-0.2, 0) is 13.1 Å². The van der Waals surface area contributed by atoms with Crippen molar-refractivity contribution < 1.29 is 9.90 Å². The Balaban J connectivity index is 1.52. The summed E-state index contributed by atoms with van der Waals surface area (Å²) in [5.41, 5.74) is 2.49. The van der Waals surface area contributed by atoms with E-state index in [1.807, 2.05) is 22.9 Å². The van der Waals surface area contributed by atoms with Crippen LogP contribution in [0.2, 0.25) is 0 Å². The molecular weight excluding hydrogens is 330 g/mol. The second-order valence-corrected chi connectivity index (χ2v) is 7.45. The van der Waals surface area contributed by atoms with Crippen molar-refractivity contribution >= 4 is 11.7 Å². The summed E-state index contributed by atoms with van der Waals surface area (Å²) < 4.78 is 2.02. The molecule has 1 aliphatic carbocycles. The highest BCUT2D eigenvalue weighted by Crippen LogP contribution is 2.40. The Morgan fingerprint density at radius 2 is 2.12 bits per heavy atom. The fourth-order valence-corrected chi connectivity index (χ4v) is 3.44. The van der Waals surface area contributed by atoms with Gasteiger partial charge in [0.2, 0.25) is 0 Å². The van der Waals surface area contributed by atoms with Gasteiger partial charge in [0.05, 0.1) is 23.5 Å². The average Bonchev–Trinajstić information content (AvgIpc) is 3.44. The molecule has 0 aromatic carbocycles. The first kappa shape index (κ1) is 17.0. The quantitative estimate of drug-likeness (QED) is 0.906. The zero-order chi connectivity index (χ0) is 18.3. The monoisotopic (exact) mass is 355 g/mol. The van der Waals surface area contributed by atoms with Crippen LogP contribution in [0.3, 0.4) is 0 Å². The minimum Gasteiger partial charge on any atom is -0.386 e. The molecule has 1 fully saturated rings. The minimum atomic E-state index is -0.433. The van der Waals surface area contributed by atoms with E-state index >= 15 is 0 Å². The summed E-state index contributed by atoms with van der Waals surface area (Å²) in [5.74, 6) is 1.20. The number of hydrogen-bond donors (Lipinski definition) is 1. The van der Waals surface area contributed by atoms with E-state index in [2.05, 4.69) is 15.0 Å². The molecule has 0 radical (unpaired) electrons. The van der Waals surface area contributed by atoms with Gasteiger partial charge in [-0.3, -0.25) is 9.48 Å². The summed E-state index contributed by atoms with van der Waals surface area (Å²) in [7, 11) is 3.47. The molecule has 0 saturated heterocycles. The molecule has 1 N–H and O–H groups in total. The van der Waals surface area contributed by atoms with E-state index in [1.54, 1.807) is 25.2 Å². The zero-order valence-electron chi connectivity index (χ0n) is 15.3. The Kier molecular flexibility index (Phi) is 4.40. The topological polar surface area (TPSA) is 74.5 Å². The lowest BCUT2D eigenvalue weighted by atomic mass is 10.1. The van der Waals surface area contributed by atoms with Crippen molar-refractivity contribution in [1.82, 2.24) is 19.7 Å². The summed E-state index contributed by atoms with van der Waals surface area (Å²) in [6.07, 6.45) is 4.36. The van der Waals surface area contributed by atoms with Crippen LogP contribution >= 0.6 is 0 Å². The molecule has 138 valence electrons. The van der Waals surface area contributed by atoms with Crippen LogP contribution in [0.15, 0.2) is 24.4 Å². The van der Waals surface area contributed by atoms with Gasteiger partial charge in [-0.05, 0) is 43.4 Å². The number of carbonyl (C=O) groups is 1. The number of pyridine rings is 1. The third-order valence-corrected chi connectivity index (χ3v) is 5.13. The second-order valence-electron chi connectivity index (χ2n) is 7.45. The van der Waals surface area contributed by atoms with E-state index in [9.17, 15) is 9.90 Å². The maximum absolute atomic E-state index is 12.0. The smallest absolute Gasteiger partial charge is 0.254 e. The van der Waals surface area contributed by atoms with Crippen molar-refractivity contribution in [1.29, 1.82) is 0 Å². The Bertz CT molecular complexity index is 795. The van der Waals surface area contributed by atoms with Gasteiger partial charge in [-0.2, -0.15) is 5.10 Å². The number of fused-ring (bicyclic) bond motifs is 1. The van der Waals surface area contributed by atoms with Crippen LogP contribution in [0.25, 0.3) is 0 Å². The summed E-state index contributed by atoms with van der Waals surface area (Å²) in [6.45, 7) is 2.44. The molecule has 1 aliphatic heterocycles. The van der Waals surface area contributed by atoms with Gasteiger partial charge >= 0.3 is 0 Å². The van der Waals surface area contributed by atoms with E-state index in [4.69, 9.17) is 0 Å². The van der Waals surface area contributed by atoms with Crippen molar-refractivity contribution in [3.8, 4) is 0 Å². The normalized spacial score (nSPS) is 18.2.